The molecule has 0 fully saturated rings. The van der Waals surface area contributed by atoms with Crippen LogP contribution >= 0.6 is 0 Å². The zero-order valence-corrected chi connectivity index (χ0v) is 10.2. The van der Waals surface area contributed by atoms with Crippen molar-refractivity contribution >= 4 is 17.8 Å². The number of nitrogens with zero attached hydrogens (tertiary/aromatic N) is 2. The Hall–Kier alpha value is -2.10. The molecular weight excluding hydrogens is 214 g/mol. The van der Waals surface area contributed by atoms with Crippen LogP contribution in [0.1, 0.15) is 24.2 Å². The molecule has 1 aromatic carbocycles. The minimum atomic E-state index is -0.0844. The minimum Gasteiger partial charge on any atom is -0.352 e. The van der Waals surface area contributed by atoms with E-state index >= 15 is 0 Å². The quantitative estimate of drug-likeness (QED) is 0.624. The molecule has 0 radical (unpaired) electrons. The molecule has 0 saturated heterocycles. The van der Waals surface area contributed by atoms with Gasteiger partial charge in [0.2, 0.25) is 0 Å². The summed E-state index contributed by atoms with van der Waals surface area (Å²) in [6, 6.07) is 7.24. The fourth-order valence-corrected chi connectivity index (χ4v) is 1.40. The molecule has 1 rings (SSSR count). The Balaban J connectivity index is 2.99. The SMILES string of the molecule is C=CN(/N=C/C)c1cccc(C(=O)NCC)c1. The number of hydrazone groups is 1. The highest BCUT2D eigenvalue weighted by Crippen LogP contribution is 2.16. The van der Waals surface area contributed by atoms with Crippen molar-refractivity contribution in [2.75, 3.05) is 11.6 Å². The fraction of sp³-hybridized carbons (Fsp3) is 0.231. The molecule has 1 aromatic rings. The van der Waals surface area contributed by atoms with Crippen LogP contribution in [0.4, 0.5) is 5.69 Å². The average molecular weight is 231 g/mol. The molecule has 0 saturated carbocycles. The number of hydrogen-bond donors (Lipinski definition) is 1. The molecule has 4 heteroatoms. The van der Waals surface area contributed by atoms with Gasteiger partial charge in [-0.25, -0.2) is 5.01 Å². The number of carbonyl (C=O) groups excluding carboxylic acids is 1. The molecule has 0 atom stereocenters. The van der Waals surface area contributed by atoms with Gasteiger partial charge in [0.15, 0.2) is 0 Å². The highest BCUT2D eigenvalue weighted by atomic mass is 16.1. The minimum absolute atomic E-state index is 0.0844. The first-order valence-corrected chi connectivity index (χ1v) is 5.51. The summed E-state index contributed by atoms with van der Waals surface area (Å²) in [7, 11) is 0. The highest BCUT2D eigenvalue weighted by Gasteiger charge is 2.06. The Bertz CT molecular complexity index is 426. The van der Waals surface area contributed by atoms with Crippen molar-refractivity contribution in [3.63, 3.8) is 0 Å². The van der Waals surface area contributed by atoms with Crippen molar-refractivity contribution in [2.24, 2.45) is 5.10 Å². The maximum atomic E-state index is 11.7. The third-order valence-corrected chi connectivity index (χ3v) is 2.12. The van der Waals surface area contributed by atoms with Gasteiger partial charge in [0.25, 0.3) is 5.91 Å². The van der Waals surface area contributed by atoms with Crippen LogP contribution in [0.2, 0.25) is 0 Å². The van der Waals surface area contributed by atoms with Crippen LogP contribution in [0.3, 0.4) is 0 Å². The molecule has 0 heterocycles. The standard InChI is InChI=1S/C13H17N3O/c1-4-14-13(17)11-8-7-9-12(10-11)16(6-3)15-5-2/h5-10H,3-4H2,1-2H3,(H,14,17)/b15-5+. The Labute approximate surface area is 102 Å². The highest BCUT2D eigenvalue weighted by molar-refractivity contribution is 5.95. The van der Waals surface area contributed by atoms with E-state index in [1.807, 2.05) is 26.0 Å². The molecule has 0 aliphatic rings. The van der Waals surface area contributed by atoms with Gasteiger partial charge in [-0.2, -0.15) is 5.10 Å². The second kappa shape index (κ2) is 6.48. The van der Waals surface area contributed by atoms with Gasteiger partial charge in [0.1, 0.15) is 0 Å². The first-order valence-electron chi connectivity index (χ1n) is 5.51. The molecule has 0 aromatic heterocycles. The van der Waals surface area contributed by atoms with Crippen molar-refractivity contribution in [2.45, 2.75) is 13.8 Å². The molecule has 1 N–H and O–H groups in total. The predicted octanol–water partition coefficient (Wildman–Crippen LogP) is 2.39. The third kappa shape index (κ3) is 3.45. The van der Waals surface area contributed by atoms with Crippen LogP contribution in [0.25, 0.3) is 0 Å². The average Bonchev–Trinajstić information content (AvgIpc) is 2.36. The molecular formula is C13H17N3O. The Morgan fingerprint density at radius 1 is 1.59 bits per heavy atom. The van der Waals surface area contributed by atoms with Gasteiger partial charge < -0.3 is 5.32 Å². The maximum absolute atomic E-state index is 11.7. The van der Waals surface area contributed by atoms with Crippen molar-refractivity contribution < 1.29 is 4.79 Å². The number of hydrogen-bond acceptors (Lipinski definition) is 3. The van der Waals surface area contributed by atoms with E-state index in [2.05, 4.69) is 17.0 Å². The summed E-state index contributed by atoms with van der Waals surface area (Å²) in [6.07, 6.45) is 3.26. The second-order valence-corrected chi connectivity index (χ2v) is 3.31. The Morgan fingerprint density at radius 2 is 2.35 bits per heavy atom. The van der Waals surface area contributed by atoms with E-state index in [0.717, 1.165) is 5.69 Å². The zero-order valence-electron chi connectivity index (χ0n) is 10.2. The third-order valence-electron chi connectivity index (χ3n) is 2.12. The number of anilines is 1. The molecule has 0 aliphatic heterocycles. The summed E-state index contributed by atoms with van der Waals surface area (Å²) in [5.74, 6) is -0.0844. The molecule has 0 spiro atoms. The van der Waals surface area contributed by atoms with Crippen LogP contribution in [0, 0.1) is 0 Å². The molecule has 0 aliphatic carbocycles. The smallest absolute Gasteiger partial charge is 0.251 e. The monoisotopic (exact) mass is 231 g/mol. The molecule has 90 valence electrons. The Morgan fingerprint density at radius 3 is 2.94 bits per heavy atom. The number of carbonyl (C=O) groups is 1. The van der Waals surface area contributed by atoms with E-state index < -0.39 is 0 Å². The number of nitrogens with one attached hydrogen (secondary N) is 1. The van der Waals surface area contributed by atoms with Crippen LogP contribution in [-0.4, -0.2) is 18.7 Å². The second-order valence-electron chi connectivity index (χ2n) is 3.31. The summed E-state index contributed by atoms with van der Waals surface area (Å²) < 4.78 is 0. The molecule has 0 bridgehead atoms. The van der Waals surface area contributed by atoms with Gasteiger partial charge >= 0.3 is 0 Å². The zero-order chi connectivity index (χ0) is 12.7. The van der Waals surface area contributed by atoms with Gasteiger partial charge in [-0.15, -0.1) is 0 Å². The first-order chi connectivity index (χ1) is 8.22. The molecule has 0 unspecified atom stereocenters. The van der Waals surface area contributed by atoms with Gasteiger partial charge in [-0.3, -0.25) is 4.79 Å². The Kier molecular flexibility index (Phi) is 4.94. The number of rotatable bonds is 5. The van der Waals surface area contributed by atoms with E-state index in [9.17, 15) is 4.79 Å². The van der Waals surface area contributed by atoms with Crippen molar-refractivity contribution in [3.05, 3.63) is 42.6 Å². The van der Waals surface area contributed by atoms with Gasteiger partial charge in [0, 0.05) is 24.5 Å². The van der Waals surface area contributed by atoms with E-state index in [0.29, 0.717) is 12.1 Å². The first kappa shape index (κ1) is 13.0. The van der Waals surface area contributed by atoms with Crippen molar-refractivity contribution in [3.8, 4) is 0 Å². The van der Waals surface area contributed by atoms with Crippen LogP contribution in [-0.2, 0) is 0 Å². The van der Waals surface area contributed by atoms with Crippen LogP contribution < -0.4 is 10.3 Å². The lowest BCUT2D eigenvalue weighted by Gasteiger charge is -2.14. The largest absolute Gasteiger partial charge is 0.352 e. The van der Waals surface area contributed by atoms with Gasteiger partial charge in [-0.1, -0.05) is 12.6 Å². The van der Waals surface area contributed by atoms with Crippen LogP contribution in [0.15, 0.2) is 42.1 Å². The fourth-order valence-electron chi connectivity index (χ4n) is 1.40. The molecule has 1 amide bonds. The van der Waals surface area contributed by atoms with E-state index in [4.69, 9.17) is 0 Å². The lowest BCUT2D eigenvalue weighted by atomic mass is 10.2. The molecule has 4 nitrogen and oxygen atoms in total. The van der Waals surface area contributed by atoms with Crippen molar-refractivity contribution in [1.82, 2.24) is 5.32 Å². The van der Waals surface area contributed by atoms with E-state index in [1.165, 1.54) is 0 Å². The van der Waals surface area contributed by atoms with Crippen LogP contribution in [0.5, 0.6) is 0 Å². The lowest BCUT2D eigenvalue weighted by molar-refractivity contribution is 0.0956. The summed E-state index contributed by atoms with van der Waals surface area (Å²) in [4.78, 5) is 11.7. The summed E-state index contributed by atoms with van der Waals surface area (Å²) >= 11 is 0. The van der Waals surface area contributed by atoms with Crippen molar-refractivity contribution in [1.29, 1.82) is 0 Å². The van der Waals surface area contributed by atoms with E-state index in [1.54, 1.807) is 29.6 Å². The topological polar surface area (TPSA) is 44.7 Å². The summed E-state index contributed by atoms with van der Waals surface area (Å²) in [5.41, 5.74) is 1.42. The number of benzene rings is 1. The summed E-state index contributed by atoms with van der Waals surface area (Å²) in [5, 5.41) is 8.49. The predicted molar refractivity (Wildman–Crippen MR) is 71.3 cm³/mol. The van der Waals surface area contributed by atoms with Gasteiger partial charge in [-0.05, 0) is 32.0 Å². The lowest BCUT2D eigenvalue weighted by Crippen LogP contribution is -2.22. The molecule has 17 heavy (non-hydrogen) atoms. The summed E-state index contributed by atoms with van der Waals surface area (Å²) in [6.45, 7) is 8.00. The van der Waals surface area contributed by atoms with E-state index in [-0.39, 0.29) is 5.91 Å². The maximum Gasteiger partial charge on any atom is 0.251 e. The van der Waals surface area contributed by atoms with Gasteiger partial charge in [0.05, 0.1) is 5.69 Å². The normalized spacial score (nSPS) is 10.2. The number of amides is 1.